The number of hydrogen-bond donors (Lipinski definition) is 1. The zero-order chi connectivity index (χ0) is 9.35. The van der Waals surface area contributed by atoms with Gasteiger partial charge in [-0.2, -0.15) is 5.26 Å². The van der Waals surface area contributed by atoms with Gasteiger partial charge in [0, 0.05) is 11.1 Å². The lowest BCUT2D eigenvalue weighted by Crippen LogP contribution is -2.41. The quantitative estimate of drug-likeness (QED) is 0.584. The number of nitrogens with zero attached hydrogens (tertiary/aromatic N) is 1. The number of carbonyl (C=O) groups is 1. The van der Waals surface area contributed by atoms with E-state index in [0.717, 1.165) is 5.70 Å². The number of carbonyl (C=O) groups excluding carboxylic acids is 1. The maximum absolute atomic E-state index is 11.3. The van der Waals surface area contributed by atoms with Crippen LogP contribution in [0, 0.1) is 22.7 Å². The van der Waals surface area contributed by atoms with Gasteiger partial charge < -0.3 is 5.32 Å². The van der Waals surface area contributed by atoms with E-state index < -0.39 is 5.92 Å². The number of nitrogens with one attached hydrogen (secondary N) is 1. The summed E-state index contributed by atoms with van der Waals surface area (Å²) in [6.45, 7) is 5.61. The van der Waals surface area contributed by atoms with Crippen molar-refractivity contribution in [2.75, 3.05) is 0 Å². The predicted octanol–water partition coefficient (Wildman–Crippen LogP) is 1.19. The second kappa shape index (κ2) is 2.63. The van der Waals surface area contributed by atoms with Crippen LogP contribution >= 0.6 is 0 Å². The first-order chi connectivity index (χ1) is 5.47. The fraction of sp³-hybridized carbons (Fsp3) is 0.556. The summed E-state index contributed by atoms with van der Waals surface area (Å²) < 4.78 is 0. The Labute approximate surface area is 72.1 Å². The normalized spacial score (nSPS) is 27.0. The Morgan fingerprint density at radius 3 is 2.67 bits per heavy atom. The molecule has 0 aromatic rings. The monoisotopic (exact) mass is 164 g/mol. The summed E-state index contributed by atoms with van der Waals surface area (Å²) in [5.74, 6) is -0.760. The van der Waals surface area contributed by atoms with E-state index in [9.17, 15) is 4.79 Å². The molecular formula is C9H12N2O. The number of rotatable bonds is 0. The molecule has 0 saturated heterocycles. The van der Waals surface area contributed by atoms with E-state index in [1.165, 1.54) is 0 Å². The highest BCUT2D eigenvalue weighted by atomic mass is 16.2. The molecule has 1 heterocycles. The molecule has 3 heteroatoms. The lowest BCUT2D eigenvalue weighted by atomic mass is 9.76. The Kier molecular flexibility index (Phi) is 1.93. The van der Waals surface area contributed by atoms with Gasteiger partial charge in [-0.05, 0) is 6.92 Å². The number of allylic oxidation sites excluding steroid dienone is 2. The number of nitriles is 1. The SMILES string of the molecule is CC1=CC(C)(C)[C@H](C#N)C(=O)N1. The average Bonchev–Trinajstić information content (AvgIpc) is 1.82. The predicted molar refractivity (Wildman–Crippen MR) is 44.8 cm³/mol. The van der Waals surface area contributed by atoms with E-state index in [2.05, 4.69) is 5.32 Å². The summed E-state index contributed by atoms with van der Waals surface area (Å²) in [5.41, 5.74) is 0.484. The fourth-order valence-electron chi connectivity index (χ4n) is 1.51. The van der Waals surface area contributed by atoms with Crippen molar-refractivity contribution in [2.45, 2.75) is 20.8 Å². The van der Waals surface area contributed by atoms with Gasteiger partial charge >= 0.3 is 0 Å². The largest absolute Gasteiger partial charge is 0.329 e. The summed E-state index contributed by atoms with van der Waals surface area (Å²) >= 11 is 0. The van der Waals surface area contributed by atoms with Crippen molar-refractivity contribution in [3.05, 3.63) is 11.8 Å². The van der Waals surface area contributed by atoms with Crippen LogP contribution in [0.5, 0.6) is 0 Å². The number of hydrogen-bond acceptors (Lipinski definition) is 2. The summed E-state index contributed by atoms with van der Waals surface area (Å²) in [6, 6.07) is 2.01. The lowest BCUT2D eigenvalue weighted by molar-refractivity contribution is -0.125. The zero-order valence-corrected chi connectivity index (χ0v) is 7.51. The van der Waals surface area contributed by atoms with Gasteiger partial charge in [-0.15, -0.1) is 0 Å². The van der Waals surface area contributed by atoms with Crippen molar-refractivity contribution >= 4 is 5.91 Å². The Hall–Kier alpha value is -1.30. The highest BCUT2D eigenvalue weighted by Gasteiger charge is 2.36. The van der Waals surface area contributed by atoms with Crippen LogP contribution in [-0.2, 0) is 4.79 Å². The van der Waals surface area contributed by atoms with E-state index in [0.29, 0.717) is 0 Å². The molecule has 12 heavy (non-hydrogen) atoms. The van der Waals surface area contributed by atoms with Gasteiger partial charge in [-0.3, -0.25) is 4.79 Å². The summed E-state index contributed by atoms with van der Waals surface area (Å²) in [5, 5.41) is 11.4. The van der Waals surface area contributed by atoms with Crippen molar-refractivity contribution in [3.8, 4) is 6.07 Å². The van der Waals surface area contributed by atoms with E-state index in [1.54, 1.807) is 0 Å². The minimum Gasteiger partial charge on any atom is -0.329 e. The Balaban J connectivity index is 3.07. The van der Waals surface area contributed by atoms with Gasteiger partial charge in [0.05, 0.1) is 6.07 Å². The van der Waals surface area contributed by atoms with Crippen LogP contribution in [0.3, 0.4) is 0 Å². The molecule has 1 aliphatic heterocycles. The van der Waals surface area contributed by atoms with Crippen LogP contribution < -0.4 is 5.32 Å². The third-order valence-electron chi connectivity index (χ3n) is 2.04. The smallest absolute Gasteiger partial charge is 0.242 e. The Bertz CT molecular complexity index is 283. The van der Waals surface area contributed by atoms with Gasteiger partial charge in [0.2, 0.25) is 5.91 Å². The van der Waals surface area contributed by atoms with Crippen LogP contribution in [0.2, 0.25) is 0 Å². The molecule has 1 N–H and O–H groups in total. The first-order valence-corrected chi connectivity index (χ1v) is 3.87. The van der Waals surface area contributed by atoms with Crippen molar-refractivity contribution < 1.29 is 4.79 Å². The minimum absolute atomic E-state index is 0.192. The third kappa shape index (κ3) is 1.33. The van der Waals surface area contributed by atoms with E-state index in [4.69, 9.17) is 5.26 Å². The standard InChI is InChI=1S/C9H12N2O/c1-6-4-9(2,3)7(5-10)8(12)11-6/h4,7H,1-3H3,(H,11,12)/t7-/m1/s1. The molecule has 0 radical (unpaired) electrons. The maximum Gasteiger partial charge on any atom is 0.242 e. The second-order valence-corrected chi connectivity index (χ2v) is 3.70. The fourth-order valence-corrected chi connectivity index (χ4v) is 1.51. The van der Waals surface area contributed by atoms with Crippen LogP contribution in [0.1, 0.15) is 20.8 Å². The first kappa shape index (κ1) is 8.79. The molecule has 0 saturated carbocycles. The molecule has 0 bridgehead atoms. The molecule has 0 spiro atoms. The lowest BCUT2D eigenvalue weighted by Gasteiger charge is -2.30. The number of amides is 1. The van der Waals surface area contributed by atoms with Crippen LogP contribution in [-0.4, -0.2) is 5.91 Å². The van der Waals surface area contributed by atoms with E-state index in [-0.39, 0.29) is 11.3 Å². The van der Waals surface area contributed by atoms with Gasteiger partial charge in [0.25, 0.3) is 0 Å². The Morgan fingerprint density at radius 1 is 1.67 bits per heavy atom. The minimum atomic E-state index is -0.568. The Morgan fingerprint density at radius 2 is 2.25 bits per heavy atom. The molecule has 0 fully saturated rings. The molecule has 0 aliphatic carbocycles. The molecule has 3 nitrogen and oxygen atoms in total. The van der Waals surface area contributed by atoms with Gasteiger partial charge in [0.15, 0.2) is 0 Å². The summed E-state index contributed by atoms with van der Waals surface area (Å²) in [4.78, 5) is 11.3. The van der Waals surface area contributed by atoms with Crippen LogP contribution in [0.25, 0.3) is 0 Å². The van der Waals surface area contributed by atoms with Gasteiger partial charge in [0.1, 0.15) is 5.92 Å². The highest BCUT2D eigenvalue weighted by Crippen LogP contribution is 2.32. The molecule has 1 rings (SSSR count). The van der Waals surface area contributed by atoms with E-state index >= 15 is 0 Å². The zero-order valence-electron chi connectivity index (χ0n) is 7.51. The average molecular weight is 164 g/mol. The van der Waals surface area contributed by atoms with Crippen molar-refractivity contribution in [1.82, 2.24) is 5.32 Å². The molecular weight excluding hydrogens is 152 g/mol. The third-order valence-corrected chi connectivity index (χ3v) is 2.04. The topological polar surface area (TPSA) is 52.9 Å². The van der Waals surface area contributed by atoms with Crippen molar-refractivity contribution in [1.29, 1.82) is 5.26 Å². The summed E-state index contributed by atoms with van der Waals surface area (Å²) in [7, 11) is 0. The molecule has 0 aromatic heterocycles. The van der Waals surface area contributed by atoms with Crippen molar-refractivity contribution in [3.63, 3.8) is 0 Å². The molecule has 1 aliphatic rings. The highest BCUT2D eigenvalue weighted by molar-refractivity contribution is 5.85. The second-order valence-electron chi connectivity index (χ2n) is 3.70. The van der Waals surface area contributed by atoms with Gasteiger partial charge in [-0.25, -0.2) is 0 Å². The maximum atomic E-state index is 11.3. The van der Waals surface area contributed by atoms with E-state index in [1.807, 2.05) is 32.9 Å². The molecule has 0 unspecified atom stereocenters. The van der Waals surface area contributed by atoms with Crippen LogP contribution in [0.4, 0.5) is 0 Å². The molecule has 1 amide bonds. The van der Waals surface area contributed by atoms with Crippen molar-refractivity contribution in [2.24, 2.45) is 11.3 Å². The molecule has 64 valence electrons. The molecule has 1 atom stereocenters. The summed E-state index contributed by atoms with van der Waals surface area (Å²) in [6.07, 6.45) is 1.92. The molecule has 0 aromatic carbocycles. The first-order valence-electron chi connectivity index (χ1n) is 3.87. The van der Waals surface area contributed by atoms with Gasteiger partial charge in [-0.1, -0.05) is 19.9 Å². The van der Waals surface area contributed by atoms with Crippen LogP contribution in [0.15, 0.2) is 11.8 Å².